The minimum Gasteiger partial charge on any atom is -0.477 e. The lowest BCUT2D eigenvalue weighted by atomic mass is 10.1. The zero-order valence-electron chi connectivity index (χ0n) is 17.5. The van der Waals surface area contributed by atoms with Crippen LogP contribution in [0.4, 0.5) is 24.7 Å². The molecule has 1 saturated heterocycles. The van der Waals surface area contributed by atoms with Crippen molar-refractivity contribution in [2.45, 2.75) is 20.1 Å². The molecule has 0 amide bonds. The second kappa shape index (κ2) is 8.96. The average molecular weight is 463 g/mol. The first kappa shape index (κ1) is 22.4. The van der Waals surface area contributed by atoms with Crippen molar-refractivity contribution < 1.29 is 27.8 Å². The molecule has 0 aliphatic carbocycles. The van der Waals surface area contributed by atoms with Crippen molar-refractivity contribution in [1.29, 1.82) is 0 Å². The summed E-state index contributed by atoms with van der Waals surface area (Å²) in [5, 5.41) is 8.98. The molecule has 1 fully saturated rings. The average Bonchev–Trinajstić information content (AvgIpc) is 2.80. The molecule has 2 aromatic heterocycles. The minimum atomic E-state index is -3.28. The van der Waals surface area contributed by atoms with Crippen LogP contribution in [0.5, 0.6) is 5.75 Å². The summed E-state index contributed by atoms with van der Waals surface area (Å²) in [4.78, 5) is 35.9. The molecule has 4 rings (SSSR count). The van der Waals surface area contributed by atoms with E-state index >= 15 is 4.39 Å². The molecule has 1 aliphatic rings. The summed E-state index contributed by atoms with van der Waals surface area (Å²) in [5.74, 6) is -2.30. The zero-order valence-corrected chi connectivity index (χ0v) is 17.5. The lowest BCUT2D eigenvalue weighted by molar-refractivity contribution is -0.0488. The van der Waals surface area contributed by atoms with Crippen molar-refractivity contribution >= 4 is 28.4 Å². The fourth-order valence-corrected chi connectivity index (χ4v) is 4.00. The third-order valence-electron chi connectivity index (χ3n) is 5.49. The van der Waals surface area contributed by atoms with E-state index in [-0.39, 0.29) is 36.2 Å². The van der Waals surface area contributed by atoms with E-state index in [1.165, 1.54) is 4.57 Å². The van der Waals surface area contributed by atoms with Gasteiger partial charge in [-0.2, -0.15) is 8.78 Å². The molecule has 12 heteroatoms. The number of aryl methyl sites for hydroxylation is 1. The Morgan fingerprint density at radius 3 is 2.48 bits per heavy atom. The number of carbonyl (C=O) groups is 1. The van der Waals surface area contributed by atoms with Gasteiger partial charge < -0.3 is 24.2 Å². The predicted molar refractivity (Wildman–Crippen MR) is 114 cm³/mol. The van der Waals surface area contributed by atoms with E-state index in [0.717, 1.165) is 12.3 Å². The maximum atomic E-state index is 15.3. The summed E-state index contributed by atoms with van der Waals surface area (Å²) in [7, 11) is 0. The number of alkyl halides is 2. The number of carboxylic acid groups (broad SMARTS) is 1. The summed E-state index contributed by atoms with van der Waals surface area (Å²) in [6.45, 7) is -0.128. The number of rotatable bonds is 6. The zero-order chi connectivity index (χ0) is 23.7. The third kappa shape index (κ3) is 4.15. The fraction of sp³-hybridized carbons (Fsp3) is 0.333. The second-order valence-corrected chi connectivity index (χ2v) is 7.31. The molecule has 33 heavy (non-hydrogen) atoms. The van der Waals surface area contributed by atoms with Crippen molar-refractivity contribution in [3.8, 4) is 5.75 Å². The maximum Gasteiger partial charge on any atom is 0.387 e. The van der Waals surface area contributed by atoms with Gasteiger partial charge in [-0.15, -0.1) is 0 Å². The van der Waals surface area contributed by atoms with Gasteiger partial charge in [0.25, 0.3) is 0 Å². The van der Waals surface area contributed by atoms with Crippen LogP contribution in [0.2, 0.25) is 0 Å². The molecule has 0 saturated carbocycles. The maximum absolute atomic E-state index is 15.3. The predicted octanol–water partition coefficient (Wildman–Crippen LogP) is 2.58. The standard InChI is InChI=1S/C21H20F3N5O4/c1-2-27-11-13(20(31)32)18(30)12-9-14(22)17(19(16(12)27)33-21(23)24)29-7-5-28(6-8-29)15-10-25-3-4-26-15/h3-4,9-11,21H,2,5-8H2,1H3,(H,31,32). The number of hydrogen-bond donors (Lipinski definition) is 1. The van der Waals surface area contributed by atoms with Gasteiger partial charge >= 0.3 is 12.6 Å². The van der Waals surface area contributed by atoms with E-state index in [0.29, 0.717) is 18.9 Å². The molecule has 0 unspecified atom stereocenters. The summed E-state index contributed by atoms with van der Waals surface area (Å²) in [5.41, 5.74) is -1.84. The normalized spacial score (nSPS) is 14.2. The van der Waals surface area contributed by atoms with Gasteiger partial charge in [-0.25, -0.2) is 14.2 Å². The molecule has 9 nitrogen and oxygen atoms in total. The topological polar surface area (TPSA) is 101 Å². The molecule has 0 bridgehead atoms. The van der Waals surface area contributed by atoms with Crippen LogP contribution in [0, 0.1) is 5.82 Å². The second-order valence-electron chi connectivity index (χ2n) is 7.31. The Bertz CT molecular complexity index is 1240. The van der Waals surface area contributed by atoms with E-state index in [2.05, 4.69) is 9.97 Å². The SMILES string of the molecule is CCn1cc(C(=O)O)c(=O)c2cc(F)c(N3CCN(c4cnccn4)CC3)c(OC(F)F)c21. The summed E-state index contributed by atoms with van der Waals surface area (Å²) >= 11 is 0. The molecule has 0 radical (unpaired) electrons. The Kier molecular flexibility index (Phi) is 6.07. The first-order valence-electron chi connectivity index (χ1n) is 10.2. The Balaban J connectivity index is 1.83. The Labute approximate surface area is 185 Å². The van der Waals surface area contributed by atoms with Crippen LogP contribution >= 0.6 is 0 Å². The number of halogens is 3. The quantitative estimate of drug-likeness (QED) is 0.596. The summed E-state index contributed by atoms with van der Waals surface area (Å²) < 4.78 is 48.1. The summed E-state index contributed by atoms with van der Waals surface area (Å²) in [6.07, 6.45) is 5.74. The number of benzene rings is 1. The van der Waals surface area contributed by atoms with Gasteiger partial charge in [-0.1, -0.05) is 0 Å². The number of piperazine rings is 1. The van der Waals surface area contributed by atoms with Crippen LogP contribution in [-0.2, 0) is 6.54 Å². The number of hydrogen-bond acceptors (Lipinski definition) is 7. The Morgan fingerprint density at radius 2 is 1.91 bits per heavy atom. The highest BCUT2D eigenvalue weighted by atomic mass is 19.3. The van der Waals surface area contributed by atoms with Crippen molar-refractivity contribution in [2.24, 2.45) is 0 Å². The molecular formula is C21H20F3N5O4. The molecular weight excluding hydrogens is 443 g/mol. The van der Waals surface area contributed by atoms with Crippen LogP contribution in [-0.4, -0.2) is 58.4 Å². The highest BCUT2D eigenvalue weighted by molar-refractivity contribution is 5.97. The van der Waals surface area contributed by atoms with Crippen LogP contribution in [0.15, 0.2) is 35.6 Å². The Morgan fingerprint density at radius 1 is 1.21 bits per heavy atom. The molecule has 1 N–H and O–H groups in total. The van der Waals surface area contributed by atoms with Crippen molar-refractivity contribution in [1.82, 2.24) is 14.5 Å². The van der Waals surface area contributed by atoms with Gasteiger partial charge in [-0.3, -0.25) is 9.78 Å². The van der Waals surface area contributed by atoms with Gasteiger partial charge in [-0.05, 0) is 13.0 Å². The monoisotopic (exact) mass is 463 g/mol. The van der Waals surface area contributed by atoms with E-state index in [9.17, 15) is 23.5 Å². The van der Waals surface area contributed by atoms with Crippen molar-refractivity contribution in [3.05, 3.63) is 52.5 Å². The van der Waals surface area contributed by atoms with Gasteiger partial charge in [0, 0.05) is 51.3 Å². The number of ether oxygens (including phenoxy) is 1. The van der Waals surface area contributed by atoms with Crippen molar-refractivity contribution in [2.75, 3.05) is 36.0 Å². The molecule has 1 aromatic carbocycles. The lowest BCUT2D eigenvalue weighted by Crippen LogP contribution is -2.47. The van der Waals surface area contributed by atoms with E-state index < -0.39 is 35.1 Å². The molecule has 3 aromatic rings. The van der Waals surface area contributed by atoms with Crippen LogP contribution in [0.3, 0.4) is 0 Å². The first-order chi connectivity index (χ1) is 15.8. The molecule has 0 atom stereocenters. The van der Waals surface area contributed by atoms with E-state index in [4.69, 9.17) is 4.74 Å². The van der Waals surface area contributed by atoms with E-state index in [1.807, 2.05) is 4.90 Å². The number of aromatic nitrogens is 3. The molecule has 174 valence electrons. The number of carboxylic acids is 1. The van der Waals surface area contributed by atoms with Crippen LogP contribution in [0.1, 0.15) is 17.3 Å². The minimum absolute atomic E-state index is 0.0828. The van der Waals surface area contributed by atoms with Crippen LogP contribution in [0.25, 0.3) is 10.9 Å². The van der Waals surface area contributed by atoms with Gasteiger partial charge in [0.15, 0.2) is 11.6 Å². The Hall–Kier alpha value is -3.83. The van der Waals surface area contributed by atoms with E-state index in [1.54, 1.807) is 30.4 Å². The fourth-order valence-electron chi connectivity index (χ4n) is 4.00. The molecule has 3 heterocycles. The molecule has 1 aliphatic heterocycles. The number of nitrogens with zero attached hydrogens (tertiary/aromatic N) is 5. The molecule has 0 spiro atoms. The van der Waals surface area contributed by atoms with Crippen LogP contribution < -0.4 is 20.0 Å². The number of anilines is 2. The van der Waals surface area contributed by atoms with Gasteiger partial charge in [0.05, 0.1) is 17.1 Å². The smallest absolute Gasteiger partial charge is 0.387 e. The first-order valence-corrected chi connectivity index (χ1v) is 10.2. The third-order valence-corrected chi connectivity index (χ3v) is 5.49. The van der Waals surface area contributed by atoms with Crippen molar-refractivity contribution in [3.63, 3.8) is 0 Å². The highest BCUT2D eigenvalue weighted by Crippen LogP contribution is 2.40. The highest BCUT2D eigenvalue weighted by Gasteiger charge is 2.29. The lowest BCUT2D eigenvalue weighted by Gasteiger charge is -2.37. The van der Waals surface area contributed by atoms with Gasteiger partial charge in [0.1, 0.15) is 17.1 Å². The summed E-state index contributed by atoms with van der Waals surface area (Å²) in [6, 6.07) is 0.888. The van der Waals surface area contributed by atoms with Gasteiger partial charge in [0.2, 0.25) is 5.43 Å². The largest absolute Gasteiger partial charge is 0.477 e. The number of pyridine rings is 1. The number of aromatic carboxylic acids is 1. The number of fused-ring (bicyclic) bond motifs is 1.